The van der Waals surface area contributed by atoms with E-state index in [4.69, 9.17) is 4.74 Å². The predicted octanol–water partition coefficient (Wildman–Crippen LogP) is 1.88. The van der Waals surface area contributed by atoms with E-state index in [1.165, 1.54) is 38.8 Å². The molecule has 3 nitrogen and oxygen atoms in total. The Morgan fingerprint density at radius 3 is 2.59 bits per heavy atom. The van der Waals surface area contributed by atoms with E-state index in [1.54, 1.807) is 0 Å². The molecule has 0 aliphatic carbocycles. The largest absolute Gasteiger partial charge is 0.380 e. The van der Waals surface area contributed by atoms with E-state index in [9.17, 15) is 0 Å². The first kappa shape index (κ1) is 13.3. The van der Waals surface area contributed by atoms with E-state index >= 15 is 0 Å². The van der Waals surface area contributed by atoms with Crippen LogP contribution >= 0.6 is 0 Å². The molecule has 0 radical (unpaired) electrons. The molecule has 2 aliphatic rings. The van der Waals surface area contributed by atoms with Gasteiger partial charge in [-0.15, -0.1) is 0 Å². The lowest BCUT2D eigenvalue weighted by Crippen LogP contribution is -2.57. The molecule has 17 heavy (non-hydrogen) atoms. The maximum atomic E-state index is 5.68. The Labute approximate surface area is 106 Å². The Morgan fingerprint density at radius 1 is 1.18 bits per heavy atom. The minimum atomic E-state index is 0.613. The van der Waals surface area contributed by atoms with Crippen LogP contribution in [0, 0.1) is 5.92 Å². The van der Waals surface area contributed by atoms with Crippen molar-refractivity contribution in [3.8, 4) is 0 Å². The van der Waals surface area contributed by atoms with Crippen molar-refractivity contribution in [1.29, 1.82) is 0 Å². The third-order valence-electron chi connectivity index (χ3n) is 4.49. The van der Waals surface area contributed by atoms with Gasteiger partial charge in [0.25, 0.3) is 0 Å². The summed E-state index contributed by atoms with van der Waals surface area (Å²) in [5, 5.41) is 3.64. The lowest BCUT2D eigenvalue weighted by atomic mass is 9.91. The molecule has 3 heteroatoms. The van der Waals surface area contributed by atoms with E-state index in [0.29, 0.717) is 12.1 Å². The zero-order valence-electron chi connectivity index (χ0n) is 11.5. The standard InChI is InChI=1S/C14H28N2O/c1-3-12-5-8-16(9-6-12)14-11-17-10-7-13(14)15-4-2/h12-15H,3-11H2,1-2H3. The molecule has 0 amide bonds. The highest BCUT2D eigenvalue weighted by atomic mass is 16.5. The van der Waals surface area contributed by atoms with Gasteiger partial charge in [0.2, 0.25) is 0 Å². The third kappa shape index (κ3) is 3.43. The van der Waals surface area contributed by atoms with Crippen LogP contribution in [0.5, 0.6) is 0 Å². The van der Waals surface area contributed by atoms with Crippen LogP contribution in [-0.2, 0) is 4.74 Å². The van der Waals surface area contributed by atoms with Gasteiger partial charge in [-0.2, -0.15) is 0 Å². The first-order chi connectivity index (χ1) is 8.35. The number of rotatable bonds is 4. The zero-order chi connectivity index (χ0) is 12.1. The summed E-state index contributed by atoms with van der Waals surface area (Å²) in [5.74, 6) is 0.966. The van der Waals surface area contributed by atoms with Gasteiger partial charge in [-0.05, 0) is 44.8 Å². The highest BCUT2D eigenvalue weighted by Gasteiger charge is 2.32. The summed E-state index contributed by atoms with van der Waals surface area (Å²) in [4.78, 5) is 2.67. The molecule has 0 saturated carbocycles. The van der Waals surface area contributed by atoms with E-state index < -0.39 is 0 Å². The number of likely N-dealkylation sites (tertiary alicyclic amines) is 1. The van der Waals surface area contributed by atoms with Crippen molar-refractivity contribution in [3.05, 3.63) is 0 Å². The van der Waals surface area contributed by atoms with Gasteiger partial charge in [-0.1, -0.05) is 20.3 Å². The van der Waals surface area contributed by atoms with Crippen molar-refractivity contribution in [2.45, 2.75) is 51.6 Å². The molecule has 0 bridgehead atoms. The van der Waals surface area contributed by atoms with E-state index in [1.807, 2.05) is 0 Å². The summed E-state index contributed by atoms with van der Waals surface area (Å²) in [5.41, 5.74) is 0. The molecule has 0 aromatic rings. The number of piperidine rings is 1. The number of hydrogen-bond acceptors (Lipinski definition) is 3. The van der Waals surface area contributed by atoms with Crippen molar-refractivity contribution >= 4 is 0 Å². The van der Waals surface area contributed by atoms with Crippen LogP contribution in [0.3, 0.4) is 0 Å². The first-order valence-corrected chi connectivity index (χ1v) is 7.40. The second-order valence-corrected chi connectivity index (χ2v) is 5.48. The molecule has 1 N–H and O–H groups in total. The molecule has 0 aromatic heterocycles. The smallest absolute Gasteiger partial charge is 0.0637 e. The lowest BCUT2D eigenvalue weighted by Gasteiger charge is -2.43. The number of nitrogens with one attached hydrogen (secondary N) is 1. The number of hydrogen-bond donors (Lipinski definition) is 1. The van der Waals surface area contributed by atoms with Gasteiger partial charge >= 0.3 is 0 Å². The maximum absolute atomic E-state index is 5.68. The molecule has 100 valence electrons. The van der Waals surface area contributed by atoms with Gasteiger partial charge in [-0.25, -0.2) is 0 Å². The van der Waals surface area contributed by atoms with Crippen LogP contribution < -0.4 is 5.32 Å². The quantitative estimate of drug-likeness (QED) is 0.812. The Balaban J connectivity index is 1.86. The van der Waals surface area contributed by atoms with E-state index in [0.717, 1.165) is 25.7 Å². The molecule has 2 saturated heterocycles. The van der Waals surface area contributed by atoms with Gasteiger partial charge < -0.3 is 10.1 Å². The highest BCUT2D eigenvalue weighted by molar-refractivity contribution is 4.89. The van der Waals surface area contributed by atoms with Crippen molar-refractivity contribution in [2.75, 3.05) is 32.8 Å². The summed E-state index contributed by atoms with van der Waals surface area (Å²) in [6.07, 6.45) is 5.29. The molecule has 2 heterocycles. The minimum absolute atomic E-state index is 0.613. The van der Waals surface area contributed by atoms with Crippen LogP contribution in [0.2, 0.25) is 0 Å². The fraction of sp³-hybridized carbons (Fsp3) is 1.00. The first-order valence-electron chi connectivity index (χ1n) is 7.40. The van der Waals surface area contributed by atoms with E-state index in [-0.39, 0.29) is 0 Å². The van der Waals surface area contributed by atoms with Crippen LogP contribution in [0.4, 0.5) is 0 Å². The molecule has 2 unspecified atom stereocenters. The second kappa shape index (κ2) is 6.72. The molecule has 0 aromatic carbocycles. The van der Waals surface area contributed by atoms with Gasteiger partial charge in [-0.3, -0.25) is 4.90 Å². The Kier molecular flexibility index (Phi) is 5.26. The number of nitrogens with zero attached hydrogens (tertiary/aromatic N) is 1. The summed E-state index contributed by atoms with van der Waals surface area (Å²) < 4.78 is 5.68. The third-order valence-corrected chi connectivity index (χ3v) is 4.49. The number of likely N-dealkylation sites (N-methyl/N-ethyl adjacent to an activating group) is 1. The molecular weight excluding hydrogens is 212 g/mol. The fourth-order valence-electron chi connectivity index (χ4n) is 3.28. The summed E-state index contributed by atoms with van der Waals surface area (Å²) >= 11 is 0. The Hall–Kier alpha value is -0.120. The average Bonchev–Trinajstić information content (AvgIpc) is 2.40. The minimum Gasteiger partial charge on any atom is -0.380 e. The SMILES string of the molecule is CCNC1CCOCC1N1CCC(CC)CC1. The van der Waals surface area contributed by atoms with Gasteiger partial charge in [0.15, 0.2) is 0 Å². The van der Waals surface area contributed by atoms with Crippen molar-refractivity contribution < 1.29 is 4.74 Å². The Bertz CT molecular complexity index is 212. The van der Waals surface area contributed by atoms with E-state index in [2.05, 4.69) is 24.1 Å². The molecule has 2 atom stereocenters. The molecular formula is C14H28N2O. The molecule has 2 aliphatic heterocycles. The molecule has 0 spiro atoms. The van der Waals surface area contributed by atoms with Crippen molar-refractivity contribution in [1.82, 2.24) is 10.2 Å². The van der Waals surface area contributed by atoms with Crippen LogP contribution in [0.15, 0.2) is 0 Å². The van der Waals surface area contributed by atoms with Crippen molar-refractivity contribution in [3.63, 3.8) is 0 Å². The van der Waals surface area contributed by atoms with Crippen LogP contribution in [0.25, 0.3) is 0 Å². The van der Waals surface area contributed by atoms with Gasteiger partial charge in [0.1, 0.15) is 0 Å². The van der Waals surface area contributed by atoms with Crippen molar-refractivity contribution in [2.24, 2.45) is 5.92 Å². The summed E-state index contributed by atoms with van der Waals surface area (Å²) in [6, 6.07) is 1.26. The summed E-state index contributed by atoms with van der Waals surface area (Å²) in [6.45, 7) is 10.0. The highest BCUT2D eigenvalue weighted by Crippen LogP contribution is 2.24. The van der Waals surface area contributed by atoms with Gasteiger partial charge in [0.05, 0.1) is 6.61 Å². The molecule has 2 rings (SSSR count). The predicted molar refractivity (Wildman–Crippen MR) is 71.3 cm³/mol. The fourth-order valence-corrected chi connectivity index (χ4v) is 3.28. The summed E-state index contributed by atoms with van der Waals surface area (Å²) in [7, 11) is 0. The molecule has 2 fully saturated rings. The van der Waals surface area contributed by atoms with Gasteiger partial charge in [0, 0.05) is 18.7 Å². The average molecular weight is 240 g/mol. The lowest BCUT2D eigenvalue weighted by molar-refractivity contribution is -0.0145. The zero-order valence-corrected chi connectivity index (χ0v) is 11.5. The topological polar surface area (TPSA) is 24.5 Å². The second-order valence-electron chi connectivity index (χ2n) is 5.48. The monoisotopic (exact) mass is 240 g/mol. The Morgan fingerprint density at radius 2 is 1.94 bits per heavy atom. The van der Waals surface area contributed by atoms with Crippen LogP contribution in [-0.4, -0.2) is 49.8 Å². The maximum Gasteiger partial charge on any atom is 0.0637 e. The number of ether oxygens (including phenoxy) is 1. The normalized spacial score (nSPS) is 32.8. The van der Waals surface area contributed by atoms with Crippen LogP contribution in [0.1, 0.15) is 39.5 Å².